The maximum atomic E-state index is 9.57. The summed E-state index contributed by atoms with van der Waals surface area (Å²) in [7, 11) is 1.56. The predicted molar refractivity (Wildman–Crippen MR) is 62.3 cm³/mol. The van der Waals surface area contributed by atoms with Crippen LogP contribution in [0.25, 0.3) is 0 Å². The van der Waals surface area contributed by atoms with E-state index in [1.54, 1.807) is 33.1 Å². The zero-order valence-corrected chi connectivity index (χ0v) is 10.0. The second-order valence-corrected chi connectivity index (χ2v) is 4.21. The molecule has 1 aliphatic rings. The molecule has 1 N–H and O–H groups in total. The highest BCUT2D eigenvalue weighted by Crippen LogP contribution is 2.37. The topological polar surface area (TPSA) is 47.9 Å². The predicted octanol–water partition coefficient (Wildman–Crippen LogP) is 1.55. The van der Waals surface area contributed by atoms with Gasteiger partial charge >= 0.3 is 0 Å². The summed E-state index contributed by atoms with van der Waals surface area (Å²) in [5.74, 6) is 7.50. The van der Waals surface area contributed by atoms with Crippen molar-refractivity contribution >= 4 is 0 Å². The van der Waals surface area contributed by atoms with Crippen molar-refractivity contribution in [2.75, 3.05) is 13.9 Å². The fourth-order valence-corrected chi connectivity index (χ4v) is 1.41. The van der Waals surface area contributed by atoms with Gasteiger partial charge in [-0.3, -0.25) is 0 Å². The van der Waals surface area contributed by atoms with Crippen LogP contribution < -0.4 is 14.2 Å². The van der Waals surface area contributed by atoms with Crippen LogP contribution in [0.15, 0.2) is 12.1 Å². The van der Waals surface area contributed by atoms with Gasteiger partial charge in [-0.05, 0) is 13.8 Å². The van der Waals surface area contributed by atoms with Gasteiger partial charge in [0.05, 0.1) is 12.7 Å². The van der Waals surface area contributed by atoms with E-state index >= 15 is 0 Å². The zero-order chi connectivity index (χ0) is 12.5. The second kappa shape index (κ2) is 4.19. The second-order valence-electron chi connectivity index (χ2n) is 4.21. The monoisotopic (exact) mass is 234 g/mol. The van der Waals surface area contributed by atoms with Gasteiger partial charge in [-0.15, -0.1) is 0 Å². The largest absolute Gasteiger partial charge is 0.495 e. The van der Waals surface area contributed by atoms with E-state index in [-0.39, 0.29) is 6.79 Å². The fraction of sp³-hybridized carbons (Fsp3) is 0.385. The quantitative estimate of drug-likeness (QED) is 0.749. The van der Waals surface area contributed by atoms with Crippen LogP contribution in [0.3, 0.4) is 0 Å². The average Bonchev–Trinajstić information content (AvgIpc) is 2.70. The number of rotatable bonds is 1. The van der Waals surface area contributed by atoms with Crippen molar-refractivity contribution in [2.24, 2.45) is 0 Å². The summed E-state index contributed by atoms with van der Waals surface area (Å²) in [5, 5.41) is 9.57. The number of benzene rings is 1. The van der Waals surface area contributed by atoms with Crippen molar-refractivity contribution in [3.05, 3.63) is 17.7 Å². The summed E-state index contributed by atoms with van der Waals surface area (Å²) >= 11 is 0. The fourth-order valence-electron chi connectivity index (χ4n) is 1.41. The van der Waals surface area contributed by atoms with Gasteiger partial charge in [-0.2, -0.15) is 0 Å². The van der Waals surface area contributed by atoms with E-state index in [1.807, 2.05) is 0 Å². The molecule has 0 unspecified atom stereocenters. The summed E-state index contributed by atoms with van der Waals surface area (Å²) < 4.78 is 15.7. The van der Waals surface area contributed by atoms with E-state index in [1.165, 1.54) is 0 Å². The van der Waals surface area contributed by atoms with Crippen LogP contribution in [0.5, 0.6) is 17.2 Å². The summed E-state index contributed by atoms with van der Waals surface area (Å²) in [6, 6.07) is 3.48. The minimum Gasteiger partial charge on any atom is -0.495 e. The first kappa shape index (κ1) is 11.6. The summed E-state index contributed by atoms with van der Waals surface area (Å²) in [4.78, 5) is 0. The Balaban J connectivity index is 2.42. The van der Waals surface area contributed by atoms with Gasteiger partial charge in [0.25, 0.3) is 0 Å². The van der Waals surface area contributed by atoms with Gasteiger partial charge in [0.1, 0.15) is 11.4 Å². The molecule has 0 saturated carbocycles. The van der Waals surface area contributed by atoms with Crippen molar-refractivity contribution in [3.63, 3.8) is 0 Å². The number of fused-ring (bicyclic) bond motifs is 1. The first-order chi connectivity index (χ1) is 7.99. The lowest BCUT2D eigenvalue weighted by Gasteiger charge is -2.08. The third-order valence-electron chi connectivity index (χ3n) is 2.20. The standard InChI is InChI=1S/C13H14O4/c1-13(2,14)5-4-9-6-11-12(17-8-16-11)7-10(9)15-3/h6-7,14H,8H2,1-3H3. The van der Waals surface area contributed by atoms with Crippen molar-refractivity contribution in [3.8, 4) is 29.1 Å². The lowest BCUT2D eigenvalue weighted by atomic mass is 10.1. The molecule has 0 saturated heterocycles. The molecule has 0 amide bonds. The van der Waals surface area contributed by atoms with Gasteiger partial charge in [0.15, 0.2) is 11.5 Å². The number of aliphatic hydroxyl groups is 1. The molecule has 0 fully saturated rings. The van der Waals surface area contributed by atoms with Crippen LogP contribution in [0.1, 0.15) is 19.4 Å². The van der Waals surface area contributed by atoms with Crippen LogP contribution in [-0.2, 0) is 0 Å². The van der Waals surface area contributed by atoms with E-state index in [2.05, 4.69) is 11.8 Å². The first-order valence-electron chi connectivity index (χ1n) is 5.23. The highest BCUT2D eigenvalue weighted by Gasteiger charge is 2.17. The molecule has 4 heteroatoms. The normalized spacial score (nSPS) is 12.9. The molecule has 4 nitrogen and oxygen atoms in total. The number of hydrogen-bond acceptors (Lipinski definition) is 4. The average molecular weight is 234 g/mol. The van der Waals surface area contributed by atoms with Crippen molar-refractivity contribution < 1.29 is 19.3 Å². The minimum absolute atomic E-state index is 0.209. The molecular weight excluding hydrogens is 220 g/mol. The molecule has 0 radical (unpaired) electrons. The van der Waals surface area contributed by atoms with Crippen LogP contribution in [0.4, 0.5) is 0 Å². The Kier molecular flexibility index (Phi) is 2.86. The highest BCUT2D eigenvalue weighted by atomic mass is 16.7. The van der Waals surface area contributed by atoms with Crippen LogP contribution in [-0.4, -0.2) is 24.6 Å². The van der Waals surface area contributed by atoms with Crippen molar-refractivity contribution in [1.82, 2.24) is 0 Å². The maximum Gasteiger partial charge on any atom is 0.231 e. The molecule has 0 spiro atoms. The van der Waals surface area contributed by atoms with Gasteiger partial charge in [0.2, 0.25) is 6.79 Å². The molecule has 0 bridgehead atoms. The molecular formula is C13H14O4. The number of methoxy groups -OCH3 is 1. The Morgan fingerprint density at radius 3 is 2.53 bits per heavy atom. The lowest BCUT2D eigenvalue weighted by molar-refractivity contribution is 0.143. The van der Waals surface area contributed by atoms with Crippen LogP contribution in [0, 0.1) is 11.8 Å². The van der Waals surface area contributed by atoms with Gasteiger partial charge in [-0.1, -0.05) is 11.8 Å². The van der Waals surface area contributed by atoms with E-state index in [4.69, 9.17) is 14.2 Å². The Hall–Kier alpha value is -1.86. The van der Waals surface area contributed by atoms with Gasteiger partial charge in [0, 0.05) is 12.1 Å². The summed E-state index contributed by atoms with van der Waals surface area (Å²) in [5.41, 5.74) is -0.375. The minimum atomic E-state index is -1.04. The Labute approximate surface area is 100 Å². The molecule has 1 aromatic rings. The Morgan fingerprint density at radius 1 is 1.29 bits per heavy atom. The zero-order valence-electron chi connectivity index (χ0n) is 10.0. The third-order valence-corrected chi connectivity index (χ3v) is 2.20. The van der Waals surface area contributed by atoms with Crippen molar-refractivity contribution in [2.45, 2.75) is 19.4 Å². The molecule has 2 rings (SSSR count). The van der Waals surface area contributed by atoms with Gasteiger partial charge < -0.3 is 19.3 Å². The number of ether oxygens (including phenoxy) is 3. The van der Waals surface area contributed by atoms with E-state index in [0.29, 0.717) is 22.8 Å². The highest BCUT2D eigenvalue weighted by molar-refractivity contribution is 5.57. The Bertz CT molecular complexity index is 489. The van der Waals surface area contributed by atoms with E-state index < -0.39 is 5.60 Å². The SMILES string of the molecule is COc1cc2c(cc1C#CC(C)(C)O)OCO2. The van der Waals surface area contributed by atoms with Crippen molar-refractivity contribution in [1.29, 1.82) is 0 Å². The molecule has 0 aromatic heterocycles. The van der Waals surface area contributed by atoms with Crippen LogP contribution in [0.2, 0.25) is 0 Å². The molecule has 1 aromatic carbocycles. The third kappa shape index (κ3) is 2.63. The van der Waals surface area contributed by atoms with Crippen LogP contribution >= 0.6 is 0 Å². The lowest BCUT2D eigenvalue weighted by Crippen LogP contribution is -2.14. The molecule has 17 heavy (non-hydrogen) atoms. The molecule has 0 aliphatic carbocycles. The van der Waals surface area contributed by atoms with E-state index in [9.17, 15) is 5.11 Å². The smallest absolute Gasteiger partial charge is 0.231 e. The molecule has 90 valence electrons. The molecule has 1 aliphatic heterocycles. The molecule has 1 heterocycles. The summed E-state index contributed by atoms with van der Waals surface area (Å²) in [6.45, 7) is 3.46. The molecule has 0 atom stereocenters. The number of hydrogen-bond donors (Lipinski definition) is 1. The summed E-state index contributed by atoms with van der Waals surface area (Å²) in [6.07, 6.45) is 0. The first-order valence-corrected chi connectivity index (χ1v) is 5.23. The van der Waals surface area contributed by atoms with E-state index in [0.717, 1.165) is 0 Å². The maximum absolute atomic E-state index is 9.57. The Morgan fingerprint density at radius 2 is 1.94 bits per heavy atom. The van der Waals surface area contributed by atoms with Gasteiger partial charge in [-0.25, -0.2) is 0 Å².